The maximum absolute atomic E-state index is 13.8. The summed E-state index contributed by atoms with van der Waals surface area (Å²) in [6, 6.07) is 11.4. The van der Waals surface area contributed by atoms with Crippen molar-refractivity contribution in [2.24, 2.45) is 0 Å². The van der Waals surface area contributed by atoms with Gasteiger partial charge in [0.2, 0.25) is 23.6 Å². The number of amides is 7. The lowest BCUT2D eigenvalue weighted by molar-refractivity contribution is -0.141. The first kappa shape index (κ1) is 47.7. The highest BCUT2D eigenvalue weighted by molar-refractivity contribution is 6.23. The fourth-order valence-corrected chi connectivity index (χ4v) is 10.2. The number of halogens is 3. The number of nitrogens with one attached hydrogen (secondary N) is 3. The minimum Gasteiger partial charge on any atom is -0.383 e. The predicted octanol–water partition coefficient (Wildman–Crippen LogP) is 4.89. The van der Waals surface area contributed by atoms with Crippen LogP contribution in [0.5, 0.6) is 0 Å². The van der Waals surface area contributed by atoms with Crippen molar-refractivity contribution in [1.82, 2.24) is 40.2 Å². The lowest BCUT2D eigenvalue weighted by atomic mass is 9.90. The number of benzene rings is 2. The van der Waals surface area contributed by atoms with Crippen LogP contribution in [0.3, 0.4) is 0 Å². The van der Waals surface area contributed by atoms with E-state index in [2.05, 4.69) is 25.9 Å². The van der Waals surface area contributed by atoms with Crippen LogP contribution in [0.25, 0.3) is 28.2 Å². The number of imide groups is 2. The maximum Gasteiger partial charge on any atom is 0.416 e. The van der Waals surface area contributed by atoms with Crippen molar-refractivity contribution in [3.63, 3.8) is 0 Å². The number of ether oxygens (including phenoxy) is 1. The Bertz CT molecular complexity index is 3090. The standard InChI is InChI=1S/C50H48F3N11O8/c51-50(52,53)30-15-17-55-38(20-30)58-46(68)28-9-7-27(8-10-28)43-42-44-29(23-56-45(42)54)4-1-2-18-62(25-40(66)57-31-5-3-6-33(21-31)64(44)60-43)41(67)26-72-34-16-19-61(24-34)32-11-12-35-36(22-32)49(71)63(48(35)70)37-13-14-39(65)59-47(37)69/h1,4,7-12,15,17,20,22-23,31,33-34,37H,2-3,5-6,13-14,16,18-19,21,24-26H2,(H2,54,56)(H,57,66)(H,55,58,68)(H,59,65,69)/b4-1+/t31-,33-,34-,37?/m1/s1. The summed E-state index contributed by atoms with van der Waals surface area (Å²) in [4.78, 5) is 104. The van der Waals surface area contributed by atoms with Crippen molar-refractivity contribution >= 4 is 75.7 Å². The van der Waals surface area contributed by atoms with Crippen molar-refractivity contribution in [3.8, 4) is 11.3 Å². The summed E-state index contributed by atoms with van der Waals surface area (Å²) < 4.78 is 47.9. The lowest BCUT2D eigenvalue weighted by Crippen LogP contribution is -2.54. The minimum atomic E-state index is -4.61. The number of piperidine rings is 1. The molecule has 19 nitrogen and oxygen atoms in total. The number of nitrogens with two attached hydrogens (primary N) is 1. The first-order valence-corrected chi connectivity index (χ1v) is 23.7. The van der Waals surface area contributed by atoms with Crippen LogP contribution in [0.4, 0.5) is 30.5 Å². The largest absolute Gasteiger partial charge is 0.416 e. The highest BCUT2D eigenvalue weighted by Crippen LogP contribution is 2.40. The lowest BCUT2D eigenvalue weighted by Gasteiger charge is -2.31. The average Bonchev–Trinajstić information content (AvgIpc) is 4.07. The number of nitrogen functional groups attached to an aromatic ring is 1. The summed E-state index contributed by atoms with van der Waals surface area (Å²) in [5.41, 5.74) is 9.41. The van der Waals surface area contributed by atoms with Crippen molar-refractivity contribution in [2.45, 2.75) is 81.8 Å². The summed E-state index contributed by atoms with van der Waals surface area (Å²) >= 11 is 0. The molecular formula is C50H48F3N11O8. The van der Waals surface area contributed by atoms with E-state index >= 15 is 0 Å². The van der Waals surface area contributed by atoms with Crippen molar-refractivity contribution < 1.29 is 51.5 Å². The highest BCUT2D eigenvalue weighted by Gasteiger charge is 2.45. The summed E-state index contributed by atoms with van der Waals surface area (Å²) in [7, 11) is 0. The Morgan fingerprint density at radius 3 is 2.50 bits per heavy atom. The molecule has 4 atom stereocenters. The second-order valence-corrected chi connectivity index (χ2v) is 18.5. The van der Waals surface area contributed by atoms with E-state index in [4.69, 9.17) is 15.6 Å². The number of rotatable bonds is 8. The van der Waals surface area contributed by atoms with Gasteiger partial charge in [0.05, 0.1) is 46.3 Å². The van der Waals surface area contributed by atoms with Crippen LogP contribution in [0.1, 0.15) is 99.6 Å². The zero-order valence-corrected chi connectivity index (χ0v) is 38.6. The molecule has 4 aliphatic heterocycles. The van der Waals surface area contributed by atoms with Crippen LogP contribution < -0.4 is 26.6 Å². The first-order chi connectivity index (χ1) is 34.6. The molecule has 0 spiro atoms. The summed E-state index contributed by atoms with van der Waals surface area (Å²) in [5, 5.41) is 13.5. The van der Waals surface area contributed by atoms with Crippen LogP contribution >= 0.6 is 0 Å². The molecule has 72 heavy (non-hydrogen) atoms. The minimum absolute atomic E-state index is 0.0193. The Morgan fingerprint density at radius 2 is 1.71 bits per heavy atom. The van der Waals surface area contributed by atoms with E-state index in [1.54, 1.807) is 36.5 Å². The Kier molecular flexibility index (Phi) is 12.8. The zero-order valence-electron chi connectivity index (χ0n) is 38.6. The highest BCUT2D eigenvalue weighted by atomic mass is 19.4. The first-order valence-electron chi connectivity index (χ1n) is 23.7. The number of nitrogens with zero attached hydrogens (tertiary/aromatic N) is 7. The van der Waals surface area contributed by atoms with Gasteiger partial charge in [0, 0.05) is 66.9 Å². The van der Waals surface area contributed by atoms with E-state index in [0.29, 0.717) is 61.1 Å². The van der Waals surface area contributed by atoms with Crippen LogP contribution in [0.2, 0.25) is 0 Å². The molecule has 1 aliphatic carbocycles. The van der Waals surface area contributed by atoms with E-state index in [1.807, 2.05) is 21.7 Å². The second-order valence-electron chi connectivity index (χ2n) is 18.5. The maximum atomic E-state index is 13.8. The van der Waals surface area contributed by atoms with E-state index in [-0.39, 0.29) is 90.9 Å². The molecule has 5 aliphatic rings. The van der Waals surface area contributed by atoms with Crippen LogP contribution in [0.15, 0.2) is 73.1 Å². The molecule has 2 aromatic carbocycles. The number of alkyl halides is 3. The van der Waals surface area contributed by atoms with E-state index in [1.165, 1.54) is 17.0 Å². The molecule has 2 bridgehead atoms. The van der Waals surface area contributed by atoms with Gasteiger partial charge < -0.3 is 30.9 Å². The topological polar surface area (TPSA) is 244 Å². The zero-order chi connectivity index (χ0) is 50.4. The Morgan fingerprint density at radius 1 is 0.903 bits per heavy atom. The molecule has 3 aromatic heterocycles. The smallest absolute Gasteiger partial charge is 0.383 e. The summed E-state index contributed by atoms with van der Waals surface area (Å²) in [6.07, 6.45) is 5.26. The average molecular weight is 988 g/mol. The molecule has 3 fully saturated rings. The van der Waals surface area contributed by atoms with Crippen LogP contribution in [0, 0.1) is 0 Å². The van der Waals surface area contributed by atoms with Gasteiger partial charge in [-0.3, -0.25) is 48.5 Å². The van der Waals surface area contributed by atoms with Gasteiger partial charge in [0.25, 0.3) is 17.7 Å². The number of hydrogen-bond donors (Lipinski definition) is 4. The van der Waals surface area contributed by atoms with E-state index < -0.39 is 47.3 Å². The molecule has 22 heteroatoms. The second kappa shape index (κ2) is 19.3. The molecular weight excluding hydrogens is 940 g/mol. The number of fused-ring (bicyclic) bond motifs is 4. The Hall–Kier alpha value is -8.01. The molecule has 2 saturated heterocycles. The number of anilines is 3. The number of hydrogen-bond acceptors (Lipinski definition) is 13. The normalized spacial score (nSPS) is 22.1. The van der Waals surface area contributed by atoms with Gasteiger partial charge >= 0.3 is 6.18 Å². The summed E-state index contributed by atoms with van der Waals surface area (Å²) in [6.45, 7) is 0.686. The van der Waals surface area contributed by atoms with Gasteiger partial charge in [0.15, 0.2) is 0 Å². The molecule has 7 heterocycles. The number of pyridine rings is 2. The van der Waals surface area contributed by atoms with Gasteiger partial charge in [-0.25, -0.2) is 9.97 Å². The molecule has 7 amide bonds. The third kappa shape index (κ3) is 9.48. The molecule has 5 N–H and O–H groups in total. The van der Waals surface area contributed by atoms with Gasteiger partial charge in [-0.15, -0.1) is 0 Å². The number of aromatic nitrogens is 4. The van der Waals surface area contributed by atoms with E-state index in [0.717, 1.165) is 47.2 Å². The van der Waals surface area contributed by atoms with Gasteiger partial charge in [-0.05, 0) is 87.4 Å². The third-order valence-electron chi connectivity index (χ3n) is 13.8. The SMILES string of the molecule is Nc1ncc2c3c1c(-c1ccc(C(=O)Nc4cc(C(F)(F)F)ccn4)cc1)nn3[C@@H]1CCC[C@H](C1)NC(=O)CN(C(=O)CO[C@@H]1CCN(c3ccc4c(c3)C(=O)N(C3CCC(=O)NC3=O)C4=O)C1)CC/C=C/2. The number of carbonyl (C=O) groups excluding carboxylic acids is 7. The Labute approximate surface area is 408 Å². The van der Waals surface area contributed by atoms with Gasteiger partial charge in [-0.2, -0.15) is 18.3 Å². The molecule has 0 radical (unpaired) electrons. The molecule has 1 saturated carbocycles. The molecule has 372 valence electrons. The van der Waals surface area contributed by atoms with Gasteiger partial charge in [0.1, 0.15) is 30.0 Å². The molecule has 5 aromatic rings. The summed E-state index contributed by atoms with van der Waals surface area (Å²) in [5.74, 6) is -3.68. The monoisotopic (exact) mass is 987 g/mol. The van der Waals surface area contributed by atoms with Crippen molar-refractivity contribution in [3.05, 3.63) is 101 Å². The van der Waals surface area contributed by atoms with E-state index in [9.17, 15) is 46.7 Å². The van der Waals surface area contributed by atoms with Crippen molar-refractivity contribution in [1.29, 1.82) is 0 Å². The fraction of sp³-hybridized carbons (Fsp3) is 0.360. The van der Waals surface area contributed by atoms with Gasteiger partial charge in [-0.1, -0.05) is 24.3 Å². The fourth-order valence-electron chi connectivity index (χ4n) is 10.2. The molecule has 1 unspecified atom stereocenters. The third-order valence-corrected chi connectivity index (χ3v) is 13.8. The van der Waals surface area contributed by atoms with Crippen LogP contribution in [-0.4, -0.2) is 122 Å². The predicted molar refractivity (Wildman–Crippen MR) is 254 cm³/mol. The molecule has 10 rings (SSSR count). The quantitative estimate of drug-likeness (QED) is 0.152. The van der Waals surface area contributed by atoms with Crippen molar-refractivity contribution in [2.75, 3.05) is 48.7 Å². The van der Waals surface area contributed by atoms with Crippen LogP contribution in [-0.2, 0) is 30.1 Å². The Balaban J connectivity index is 0.819. The number of carbonyl (C=O) groups is 7.